The molecule has 0 N–H and O–H groups in total. The van der Waals surface area contributed by atoms with E-state index in [0.29, 0.717) is 6.04 Å². The molecule has 0 saturated carbocycles. The van der Waals surface area contributed by atoms with Crippen molar-refractivity contribution in [2.45, 2.75) is 53.8 Å². The van der Waals surface area contributed by atoms with Gasteiger partial charge in [0.05, 0.1) is 6.54 Å². The molecule has 1 aliphatic rings. The van der Waals surface area contributed by atoms with Gasteiger partial charge in [-0.1, -0.05) is 13.8 Å². The molecule has 0 amide bonds. The van der Waals surface area contributed by atoms with Crippen LogP contribution in [0.25, 0.3) is 0 Å². The Morgan fingerprint density at radius 1 is 1.13 bits per heavy atom. The van der Waals surface area contributed by atoms with E-state index in [9.17, 15) is 0 Å². The lowest BCUT2D eigenvalue weighted by Crippen LogP contribution is -2.38. The van der Waals surface area contributed by atoms with Crippen molar-refractivity contribution in [1.29, 1.82) is 0 Å². The maximum Gasteiger partial charge on any atom is 0.147 e. The van der Waals surface area contributed by atoms with Crippen LogP contribution in [0.4, 0.5) is 0 Å². The van der Waals surface area contributed by atoms with Crippen LogP contribution in [-0.4, -0.2) is 32.3 Å². The Labute approximate surface area is 92.3 Å². The zero-order chi connectivity index (χ0) is 11.4. The van der Waals surface area contributed by atoms with Crippen molar-refractivity contribution in [1.82, 2.24) is 19.7 Å². The molecule has 0 radical (unpaired) electrons. The van der Waals surface area contributed by atoms with Crippen LogP contribution in [0.15, 0.2) is 0 Å². The second-order valence-corrected chi connectivity index (χ2v) is 3.88. The SMILES string of the molecule is CC.Cc1nnc2n1CCN(C(C)C)C2. The first-order chi connectivity index (χ1) is 7.18. The molecular weight excluding hydrogens is 188 g/mol. The zero-order valence-corrected chi connectivity index (χ0v) is 10.5. The van der Waals surface area contributed by atoms with Crippen LogP contribution >= 0.6 is 0 Å². The minimum atomic E-state index is 0.603. The van der Waals surface area contributed by atoms with E-state index in [2.05, 4.69) is 33.5 Å². The molecule has 0 atom stereocenters. The first-order valence-electron chi connectivity index (χ1n) is 5.81. The summed E-state index contributed by atoms with van der Waals surface area (Å²) >= 11 is 0. The van der Waals surface area contributed by atoms with Crippen molar-refractivity contribution >= 4 is 0 Å². The summed E-state index contributed by atoms with van der Waals surface area (Å²) in [6.07, 6.45) is 0. The summed E-state index contributed by atoms with van der Waals surface area (Å²) in [6.45, 7) is 13.5. The quantitative estimate of drug-likeness (QED) is 0.709. The molecule has 15 heavy (non-hydrogen) atoms. The number of aryl methyl sites for hydroxylation is 1. The molecule has 0 aromatic carbocycles. The van der Waals surface area contributed by atoms with Gasteiger partial charge in [0.1, 0.15) is 11.6 Å². The van der Waals surface area contributed by atoms with E-state index in [1.807, 2.05) is 20.8 Å². The lowest BCUT2D eigenvalue weighted by molar-refractivity contribution is 0.172. The number of rotatable bonds is 1. The predicted molar refractivity (Wildman–Crippen MR) is 61.7 cm³/mol. The summed E-state index contributed by atoms with van der Waals surface area (Å²) in [7, 11) is 0. The first kappa shape index (κ1) is 12.2. The molecule has 0 bridgehead atoms. The second kappa shape index (κ2) is 5.26. The van der Waals surface area contributed by atoms with Crippen LogP contribution < -0.4 is 0 Å². The minimum Gasteiger partial charge on any atom is -0.313 e. The van der Waals surface area contributed by atoms with Gasteiger partial charge in [-0.25, -0.2) is 0 Å². The molecule has 0 saturated heterocycles. The topological polar surface area (TPSA) is 34.0 Å². The summed E-state index contributed by atoms with van der Waals surface area (Å²) in [5, 5.41) is 8.24. The molecular formula is C11H22N4. The second-order valence-electron chi connectivity index (χ2n) is 3.88. The van der Waals surface area contributed by atoms with E-state index >= 15 is 0 Å². The maximum absolute atomic E-state index is 4.16. The van der Waals surface area contributed by atoms with Gasteiger partial charge in [-0.15, -0.1) is 10.2 Å². The smallest absolute Gasteiger partial charge is 0.147 e. The molecule has 2 rings (SSSR count). The minimum absolute atomic E-state index is 0.603. The van der Waals surface area contributed by atoms with Crippen molar-refractivity contribution in [2.75, 3.05) is 6.54 Å². The predicted octanol–water partition coefficient (Wildman–Crippen LogP) is 1.84. The molecule has 0 aliphatic carbocycles. The zero-order valence-electron chi connectivity index (χ0n) is 10.5. The van der Waals surface area contributed by atoms with E-state index in [-0.39, 0.29) is 0 Å². The van der Waals surface area contributed by atoms with Crippen LogP contribution in [0, 0.1) is 6.92 Å². The largest absolute Gasteiger partial charge is 0.313 e. The highest BCUT2D eigenvalue weighted by Crippen LogP contribution is 2.13. The Kier molecular flexibility index (Phi) is 4.27. The van der Waals surface area contributed by atoms with Crippen LogP contribution in [0.1, 0.15) is 39.3 Å². The highest BCUT2D eigenvalue weighted by Gasteiger charge is 2.20. The molecule has 4 heteroatoms. The van der Waals surface area contributed by atoms with Crippen molar-refractivity contribution in [3.8, 4) is 0 Å². The third kappa shape index (κ3) is 2.56. The van der Waals surface area contributed by atoms with Crippen molar-refractivity contribution in [3.05, 3.63) is 11.6 Å². The molecule has 1 aliphatic heterocycles. The summed E-state index contributed by atoms with van der Waals surface area (Å²) in [6, 6.07) is 0.603. The Hall–Kier alpha value is -0.900. The molecule has 86 valence electrons. The van der Waals surface area contributed by atoms with Gasteiger partial charge in [0.15, 0.2) is 0 Å². The van der Waals surface area contributed by atoms with Crippen molar-refractivity contribution in [2.24, 2.45) is 0 Å². The van der Waals surface area contributed by atoms with E-state index in [1.165, 1.54) is 0 Å². The molecule has 2 heterocycles. The monoisotopic (exact) mass is 210 g/mol. The van der Waals surface area contributed by atoms with E-state index in [0.717, 1.165) is 31.3 Å². The Morgan fingerprint density at radius 2 is 1.80 bits per heavy atom. The van der Waals surface area contributed by atoms with Gasteiger partial charge in [-0.2, -0.15) is 0 Å². The van der Waals surface area contributed by atoms with Gasteiger partial charge in [-0.05, 0) is 20.8 Å². The van der Waals surface area contributed by atoms with Gasteiger partial charge >= 0.3 is 0 Å². The summed E-state index contributed by atoms with van der Waals surface area (Å²) in [5.41, 5.74) is 0. The van der Waals surface area contributed by atoms with Crippen LogP contribution in [0.2, 0.25) is 0 Å². The number of hydrogen-bond acceptors (Lipinski definition) is 3. The third-order valence-electron chi connectivity index (χ3n) is 2.70. The average molecular weight is 210 g/mol. The molecule has 1 aromatic rings. The summed E-state index contributed by atoms with van der Waals surface area (Å²) in [4.78, 5) is 2.42. The average Bonchev–Trinajstić information content (AvgIpc) is 2.63. The molecule has 0 spiro atoms. The van der Waals surface area contributed by atoms with Gasteiger partial charge in [-0.3, -0.25) is 4.90 Å². The molecule has 4 nitrogen and oxygen atoms in total. The number of hydrogen-bond donors (Lipinski definition) is 0. The lowest BCUT2D eigenvalue weighted by Gasteiger charge is -2.30. The van der Waals surface area contributed by atoms with Crippen LogP contribution in [0.5, 0.6) is 0 Å². The highest BCUT2D eigenvalue weighted by atomic mass is 15.3. The fourth-order valence-corrected chi connectivity index (χ4v) is 1.76. The Bertz CT molecular complexity index is 304. The van der Waals surface area contributed by atoms with Gasteiger partial charge in [0, 0.05) is 19.1 Å². The molecule has 0 fully saturated rings. The lowest BCUT2D eigenvalue weighted by atomic mass is 10.2. The summed E-state index contributed by atoms with van der Waals surface area (Å²) in [5.74, 6) is 2.15. The van der Waals surface area contributed by atoms with Crippen LogP contribution in [-0.2, 0) is 13.1 Å². The van der Waals surface area contributed by atoms with Gasteiger partial charge in [0.25, 0.3) is 0 Å². The fraction of sp³-hybridized carbons (Fsp3) is 0.818. The van der Waals surface area contributed by atoms with Crippen molar-refractivity contribution in [3.63, 3.8) is 0 Å². The maximum atomic E-state index is 4.16. The first-order valence-corrected chi connectivity index (χ1v) is 5.81. The van der Waals surface area contributed by atoms with E-state index in [4.69, 9.17) is 0 Å². The third-order valence-corrected chi connectivity index (χ3v) is 2.70. The number of fused-ring (bicyclic) bond motifs is 1. The molecule has 0 unspecified atom stereocenters. The number of nitrogens with zero attached hydrogens (tertiary/aromatic N) is 4. The van der Waals surface area contributed by atoms with Crippen LogP contribution in [0.3, 0.4) is 0 Å². The van der Waals surface area contributed by atoms with Gasteiger partial charge in [0.2, 0.25) is 0 Å². The highest BCUT2D eigenvalue weighted by molar-refractivity contribution is 4.97. The van der Waals surface area contributed by atoms with E-state index < -0.39 is 0 Å². The number of aromatic nitrogens is 3. The summed E-state index contributed by atoms with van der Waals surface area (Å²) < 4.78 is 2.21. The van der Waals surface area contributed by atoms with Crippen molar-refractivity contribution < 1.29 is 0 Å². The normalized spacial score (nSPS) is 15.9. The molecule has 1 aromatic heterocycles. The standard InChI is InChI=1S/C9H16N4.C2H6/c1-7(2)12-4-5-13-8(3)10-11-9(13)6-12;1-2/h7H,4-6H2,1-3H3;1-2H3. The van der Waals surface area contributed by atoms with Gasteiger partial charge < -0.3 is 4.57 Å². The van der Waals surface area contributed by atoms with E-state index in [1.54, 1.807) is 0 Å². The Morgan fingerprint density at radius 3 is 2.40 bits per heavy atom. The Balaban J connectivity index is 0.000000531. The fourth-order valence-electron chi connectivity index (χ4n) is 1.76.